The van der Waals surface area contributed by atoms with Crippen LogP contribution >= 0.6 is 0 Å². The van der Waals surface area contributed by atoms with Crippen molar-refractivity contribution in [3.63, 3.8) is 0 Å². The number of carboxylic acid groups (broad SMARTS) is 2. The standard InChI is InChI=1S/C13H19N3O3.C2HF3O2/c1-13(2,3)15(4)12(19)10-5-7-16(14-9-10)8-6-11(17)18;3-2(4,5)1(6)7/h5,7,9H,6,8H2,1-4H3;(H,6,7). The Labute approximate surface area is 147 Å². The molecule has 0 saturated heterocycles. The number of amides is 1. The quantitative estimate of drug-likeness (QED) is 0.738. The first kappa shape index (κ1) is 23.3. The van der Waals surface area contributed by atoms with E-state index in [0.29, 0.717) is 12.1 Å². The third kappa shape index (κ3) is 8.40. The normalized spacial score (nSPS) is 11.2. The van der Waals surface area contributed by atoms with Gasteiger partial charge in [-0.2, -0.15) is 13.2 Å². The van der Waals surface area contributed by atoms with Gasteiger partial charge in [0.1, 0.15) is 18.6 Å². The molecule has 1 amide bonds. The van der Waals surface area contributed by atoms with E-state index in [4.69, 9.17) is 15.0 Å². The van der Waals surface area contributed by atoms with Gasteiger partial charge in [0.2, 0.25) is 0 Å². The zero-order valence-electron chi connectivity index (χ0n) is 14.7. The Morgan fingerprint density at radius 2 is 1.77 bits per heavy atom. The summed E-state index contributed by atoms with van der Waals surface area (Å²) in [6.07, 6.45) is -2.11. The van der Waals surface area contributed by atoms with Gasteiger partial charge in [-0.3, -0.25) is 9.59 Å². The molecular formula is C15H20F3N3O5. The van der Waals surface area contributed by atoms with Gasteiger partial charge in [-0.1, -0.05) is 4.68 Å². The number of aliphatic carboxylic acids is 2. The third-order valence-electron chi connectivity index (χ3n) is 3.12. The number of aromatic nitrogens is 2. The number of nitrogens with zero attached hydrogens (tertiary/aromatic N) is 3. The fourth-order valence-electron chi connectivity index (χ4n) is 1.35. The van der Waals surface area contributed by atoms with Crippen LogP contribution in [0.5, 0.6) is 0 Å². The molecule has 1 N–H and O–H groups in total. The summed E-state index contributed by atoms with van der Waals surface area (Å²) < 4.78 is 33.1. The summed E-state index contributed by atoms with van der Waals surface area (Å²) in [5.74, 6) is -3.99. The van der Waals surface area contributed by atoms with E-state index in [2.05, 4.69) is 5.10 Å². The molecule has 0 aliphatic rings. The van der Waals surface area contributed by atoms with Crippen LogP contribution < -0.4 is 9.79 Å². The van der Waals surface area contributed by atoms with Gasteiger partial charge in [0.25, 0.3) is 5.91 Å². The van der Waals surface area contributed by atoms with Crippen molar-refractivity contribution in [2.75, 3.05) is 7.05 Å². The summed E-state index contributed by atoms with van der Waals surface area (Å²) in [6.45, 7) is 6.15. The van der Waals surface area contributed by atoms with E-state index >= 15 is 0 Å². The van der Waals surface area contributed by atoms with E-state index in [0.717, 1.165) is 0 Å². The molecule has 26 heavy (non-hydrogen) atoms. The minimum absolute atomic E-state index is 0.00680. The molecule has 0 aliphatic carbocycles. The molecule has 0 aliphatic heterocycles. The molecule has 0 aromatic carbocycles. The number of halogens is 3. The Morgan fingerprint density at radius 3 is 2.08 bits per heavy atom. The average molecular weight is 379 g/mol. The molecule has 11 heteroatoms. The fraction of sp³-hybridized carbons (Fsp3) is 0.533. The number of carboxylic acids is 2. The Kier molecular flexibility index (Phi) is 8.16. The van der Waals surface area contributed by atoms with E-state index in [1.807, 2.05) is 20.8 Å². The average Bonchev–Trinajstić information content (AvgIpc) is 2.50. The highest BCUT2D eigenvalue weighted by molar-refractivity contribution is 5.94. The summed E-state index contributed by atoms with van der Waals surface area (Å²) in [6, 6.07) is 1.65. The summed E-state index contributed by atoms with van der Waals surface area (Å²) >= 11 is 0. The molecule has 1 heterocycles. The van der Waals surface area contributed by atoms with E-state index in [1.165, 1.54) is 10.9 Å². The number of rotatable bonds is 4. The number of alkyl halides is 3. The predicted molar refractivity (Wildman–Crippen MR) is 79.6 cm³/mol. The van der Waals surface area contributed by atoms with Gasteiger partial charge in [-0.15, -0.1) is 0 Å². The van der Waals surface area contributed by atoms with Crippen LogP contribution in [0.1, 0.15) is 37.6 Å². The van der Waals surface area contributed by atoms with E-state index in [1.54, 1.807) is 24.2 Å². The molecule has 1 aromatic heterocycles. The second-order valence-corrected chi connectivity index (χ2v) is 6.14. The Bertz CT molecular complexity index is 639. The van der Waals surface area contributed by atoms with Crippen molar-refractivity contribution in [2.45, 2.75) is 45.5 Å². The van der Waals surface area contributed by atoms with E-state index in [-0.39, 0.29) is 17.9 Å². The first-order valence-electron chi connectivity index (χ1n) is 7.30. The second kappa shape index (κ2) is 9.11. The SMILES string of the molecule is CN(C(=O)c1cc[n+](CCC(=O)O)nc1)C(C)(C)C.O=C([O-])C(F)(F)F. The summed E-state index contributed by atoms with van der Waals surface area (Å²) in [5.41, 5.74) is 0.232. The highest BCUT2D eigenvalue weighted by atomic mass is 19.4. The van der Waals surface area contributed by atoms with Crippen LogP contribution in [0.3, 0.4) is 0 Å². The molecule has 1 rings (SSSR count). The van der Waals surface area contributed by atoms with Crippen LogP contribution in [0.4, 0.5) is 13.2 Å². The fourth-order valence-corrected chi connectivity index (χ4v) is 1.35. The van der Waals surface area contributed by atoms with Crippen LogP contribution in [-0.4, -0.2) is 51.7 Å². The number of carbonyl (C=O) groups is 3. The number of carbonyl (C=O) groups excluding carboxylic acids is 2. The first-order valence-corrected chi connectivity index (χ1v) is 7.30. The highest BCUT2D eigenvalue weighted by Gasteiger charge is 2.28. The Balaban J connectivity index is 0.000000758. The van der Waals surface area contributed by atoms with Crippen molar-refractivity contribution in [1.29, 1.82) is 0 Å². The first-order chi connectivity index (χ1) is 11.7. The Morgan fingerprint density at radius 1 is 1.27 bits per heavy atom. The number of hydrogen-bond donors (Lipinski definition) is 1. The smallest absolute Gasteiger partial charge is 0.430 e. The summed E-state index contributed by atoms with van der Waals surface area (Å²) in [5, 5.41) is 21.4. The van der Waals surface area contributed by atoms with Gasteiger partial charge < -0.3 is 19.9 Å². The van der Waals surface area contributed by atoms with Crippen molar-refractivity contribution in [1.82, 2.24) is 10.00 Å². The van der Waals surface area contributed by atoms with Gasteiger partial charge in [-0.05, 0) is 25.9 Å². The lowest BCUT2D eigenvalue weighted by atomic mass is 10.1. The van der Waals surface area contributed by atoms with Gasteiger partial charge in [0, 0.05) is 18.7 Å². The molecule has 8 nitrogen and oxygen atoms in total. The second-order valence-electron chi connectivity index (χ2n) is 6.14. The van der Waals surface area contributed by atoms with Crippen LogP contribution in [0, 0.1) is 0 Å². The van der Waals surface area contributed by atoms with Gasteiger partial charge in [-0.25, -0.2) is 0 Å². The van der Waals surface area contributed by atoms with E-state index < -0.39 is 18.1 Å². The van der Waals surface area contributed by atoms with Crippen molar-refractivity contribution in [2.24, 2.45) is 0 Å². The van der Waals surface area contributed by atoms with Crippen LogP contribution in [0.2, 0.25) is 0 Å². The van der Waals surface area contributed by atoms with Crippen molar-refractivity contribution in [3.8, 4) is 0 Å². The molecule has 0 spiro atoms. The van der Waals surface area contributed by atoms with E-state index in [9.17, 15) is 22.8 Å². The maximum Gasteiger partial charge on any atom is 0.430 e. The lowest BCUT2D eigenvalue weighted by Gasteiger charge is -2.31. The number of hydrogen-bond acceptors (Lipinski definition) is 5. The zero-order valence-corrected chi connectivity index (χ0v) is 14.7. The lowest BCUT2D eigenvalue weighted by Crippen LogP contribution is -2.43. The largest absolute Gasteiger partial charge is 0.542 e. The van der Waals surface area contributed by atoms with Crippen molar-refractivity contribution < 1.29 is 42.4 Å². The predicted octanol–water partition coefficient (Wildman–Crippen LogP) is 0.0129. The highest BCUT2D eigenvalue weighted by Crippen LogP contribution is 2.13. The maximum atomic E-state index is 12.2. The zero-order chi connectivity index (χ0) is 20.7. The van der Waals surface area contributed by atoms with Crippen molar-refractivity contribution >= 4 is 17.8 Å². The molecular weight excluding hydrogens is 359 g/mol. The van der Waals surface area contributed by atoms with Crippen LogP contribution in [0.15, 0.2) is 18.5 Å². The number of aryl methyl sites for hydroxylation is 1. The van der Waals surface area contributed by atoms with Gasteiger partial charge in [0.15, 0.2) is 12.7 Å². The molecule has 1 aromatic rings. The van der Waals surface area contributed by atoms with Gasteiger partial charge in [0.05, 0.1) is 5.56 Å². The Hall–Kier alpha value is -2.72. The lowest BCUT2D eigenvalue weighted by molar-refractivity contribution is -0.753. The maximum absolute atomic E-state index is 12.2. The van der Waals surface area contributed by atoms with Crippen LogP contribution in [-0.2, 0) is 16.1 Å². The molecule has 0 atom stereocenters. The molecule has 146 valence electrons. The summed E-state index contributed by atoms with van der Waals surface area (Å²) in [7, 11) is 1.74. The topological polar surface area (TPSA) is 115 Å². The monoisotopic (exact) mass is 379 g/mol. The van der Waals surface area contributed by atoms with Crippen molar-refractivity contribution in [3.05, 3.63) is 24.0 Å². The third-order valence-corrected chi connectivity index (χ3v) is 3.12. The minimum Gasteiger partial charge on any atom is -0.542 e. The molecule has 0 saturated carbocycles. The van der Waals surface area contributed by atoms with Gasteiger partial charge >= 0.3 is 12.1 Å². The molecule has 0 unspecified atom stereocenters. The van der Waals surface area contributed by atoms with Crippen LogP contribution in [0.25, 0.3) is 0 Å². The molecule has 0 bridgehead atoms. The molecule has 0 radical (unpaired) electrons. The molecule has 0 fully saturated rings. The summed E-state index contributed by atoms with van der Waals surface area (Å²) in [4.78, 5) is 33.0. The minimum atomic E-state index is -5.19.